The van der Waals surface area contributed by atoms with Crippen LogP contribution >= 0.6 is 22.6 Å². The number of benzene rings is 1. The molecule has 16 heavy (non-hydrogen) atoms. The van der Waals surface area contributed by atoms with Gasteiger partial charge in [0.15, 0.2) is 0 Å². The van der Waals surface area contributed by atoms with Crippen molar-refractivity contribution in [3.63, 3.8) is 0 Å². The third-order valence-corrected chi connectivity index (χ3v) is 3.83. The highest BCUT2D eigenvalue weighted by Gasteiger charge is 2.16. The Morgan fingerprint density at radius 3 is 2.75 bits per heavy atom. The highest BCUT2D eigenvalue weighted by molar-refractivity contribution is 14.1. The predicted molar refractivity (Wildman–Crippen MR) is 71.0 cm³/mol. The molecule has 1 aromatic rings. The first-order chi connectivity index (χ1) is 7.66. The van der Waals surface area contributed by atoms with Crippen LogP contribution in [-0.4, -0.2) is 6.61 Å². The molecule has 0 spiro atoms. The highest BCUT2D eigenvalue weighted by atomic mass is 127. The van der Waals surface area contributed by atoms with Crippen molar-refractivity contribution in [1.82, 2.24) is 0 Å². The summed E-state index contributed by atoms with van der Waals surface area (Å²) in [5.74, 6) is 0.822. The number of halogens is 2. The highest BCUT2D eigenvalue weighted by Crippen LogP contribution is 2.29. The molecule has 0 amide bonds. The van der Waals surface area contributed by atoms with Crippen molar-refractivity contribution in [2.24, 2.45) is 5.92 Å². The molecule has 88 valence electrons. The van der Waals surface area contributed by atoms with Crippen molar-refractivity contribution >= 4 is 28.3 Å². The Balaban J connectivity index is 2.00. The van der Waals surface area contributed by atoms with E-state index >= 15 is 0 Å². The first-order valence-corrected chi connectivity index (χ1v) is 6.62. The molecule has 0 aromatic heterocycles. The van der Waals surface area contributed by atoms with E-state index in [-0.39, 0.29) is 5.82 Å². The van der Waals surface area contributed by atoms with Crippen molar-refractivity contribution in [3.8, 4) is 5.75 Å². The first-order valence-electron chi connectivity index (χ1n) is 5.54. The number of rotatable bonds is 3. The molecular weight excluding hydrogens is 320 g/mol. The van der Waals surface area contributed by atoms with Crippen molar-refractivity contribution in [2.75, 3.05) is 12.3 Å². The number of anilines is 1. The fourth-order valence-corrected chi connectivity index (χ4v) is 2.54. The summed E-state index contributed by atoms with van der Waals surface area (Å²) < 4.78 is 19.4. The average Bonchev–Trinajstić information content (AvgIpc) is 2.74. The summed E-state index contributed by atoms with van der Waals surface area (Å²) in [4.78, 5) is 0. The molecule has 0 atom stereocenters. The zero-order valence-electron chi connectivity index (χ0n) is 9.01. The number of hydrogen-bond donors (Lipinski definition) is 1. The van der Waals surface area contributed by atoms with Gasteiger partial charge in [0.1, 0.15) is 11.6 Å². The van der Waals surface area contributed by atoms with E-state index in [2.05, 4.69) is 0 Å². The number of nitrogen functional groups attached to an aromatic ring is 1. The lowest BCUT2D eigenvalue weighted by Gasteiger charge is -2.13. The Kier molecular flexibility index (Phi) is 3.89. The van der Waals surface area contributed by atoms with Gasteiger partial charge in [-0.05, 0) is 47.4 Å². The fourth-order valence-electron chi connectivity index (χ4n) is 2.05. The van der Waals surface area contributed by atoms with Gasteiger partial charge in [-0.1, -0.05) is 12.8 Å². The third kappa shape index (κ3) is 2.78. The summed E-state index contributed by atoms with van der Waals surface area (Å²) in [5, 5.41) is 0. The summed E-state index contributed by atoms with van der Waals surface area (Å²) >= 11 is 1.92. The monoisotopic (exact) mass is 335 g/mol. The molecule has 1 fully saturated rings. The van der Waals surface area contributed by atoms with E-state index in [9.17, 15) is 4.39 Å². The Labute approximate surface area is 108 Å². The Morgan fingerprint density at radius 2 is 2.06 bits per heavy atom. The van der Waals surface area contributed by atoms with Crippen molar-refractivity contribution in [1.29, 1.82) is 0 Å². The van der Waals surface area contributed by atoms with Gasteiger partial charge in [-0.25, -0.2) is 4.39 Å². The van der Waals surface area contributed by atoms with E-state index in [0.717, 1.165) is 0 Å². The van der Waals surface area contributed by atoms with Crippen molar-refractivity contribution < 1.29 is 9.13 Å². The minimum atomic E-state index is -0.267. The molecule has 0 unspecified atom stereocenters. The maximum absolute atomic E-state index is 13.3. The lowest BCUT2D eigenvalue weighted by atomic mass is 10.1. The standard InChI is InChI=1S/C12H15FINO/c13-9-5-12(11(15)6-10(9)14)16-7-8-3-1-2-4-8/h5-6,8H,1-4,7,15H2. The van der Waals surface area contributed by atoms with Gasteiger partial charge in [0.25, 0.3) is 0 Å². The summed E-state index contributed by atoms with van der Waals surface area (Å²) in [7, 11) is 0. The van der Waals surface area contributed by atoms with Crippen LogP contribution in [-0.2, 0) is 0 Å². The van der Waals surface area contributed by atoms with Gasteiger partial charge >= 0.3 is 0 Å². The van der Waals surface area contributed by atoms with Gasteiger partial charge in [0, 0.05) is 6.07 Å². The fraction of sp³-hybridized carbons (Fsp3) is 0.500. The van der Waals surface area contributed by atoms with Gasteiger partial charge in [-0.2, -0.15) is 0 Å². The van der Waals surface area contributed by atoms with Crippen LogP contribution in [0.5, 0.6) is 5.75 Å². The molecule has 0 saturated heterocycles. The van der Waals surface area contributed by atoms with E-state index in [0.29, 0.717) is 27.5 Å². The Hall–Kier alpha value is -0.520. The lowest BCUT2D eigenvalue weighted by Crippen LogP contribution is -2.09. The average molecular weight is 335 g/mol. The van der Waals surface area contributed by atoms with E-state index < -0.39 is 0 Å². The summed E-state index contributed by atoms with van der Waals surface area (Å²) in [6.45, 7) is 0.657. The normalized spacial score (nSPS) is 16.6. The van der Waals surface area contributed by atoms with E-state index in [1.54, 1.807) is 6.07 Å². The molecular formula is C12H15FINO. The third-order valence-electron chi connectivity index (χ3n) is 3.00. The second kappa shape index (κ2) is 5.21. The topological polar surface area (TPSA) is 35.2 Å². The molecule has 0 radical (unpaired) electrons. The smallest absolute Gasteiger partial charge is 0.145 e. The van der Waals surface area contributed by atoms with Crippen molar-refractivity contribution in [2.45, 2.75) is 25.7 Å². The minimum Gasteiger partial charge on any atom is -0.491 e. The number of ether oxygens (including phenoxy) is 1. The number of nitrogens with two attached hydrogens (primary N) is 1. The molecule has 1 saturated carbocycles. The summed E-state index contributed by atoms with van der Waals surface area (Å²) in [6.07, 6.45) is 4.99. The van der Waals surface area contributed by atoms with Crippen LogP contribution < -0.4 is 10.5 Å². The molecule has 4 heteroatoms. The predicted octanol–water partition coefficient (Wildman–Crippen LogP) is 3.58. The molecule has 1 aliphatic carbocycles. The maximum Gasteiger partial charge on any atom is 0.145 e. The molecule has 2 rings (SSSR count). The van der Waals surface area contributed by atoms with Crippen molar-refractivity contribution in [3.05, 3.63) is 21.5 Å². The second-order valence-electron chi connectivity index (χ2n) is 4.27. The molecule has 0 aliphatic heterocycles. The van der Waals surface area contributed by atoms with Crippen LogP contribution in [0.1, 0.15) is 25.7 Å². The number of hydrogen-bond acceptors (Lipinski definition) is 2. The van der Waals surface area contributed by atoms with Crippen LogP contribution in [0.2, 0.25) is 0 Å². The van der Waals surface area contributed by atoms with Gasteiger partial charge in [0.2, 0.25) is 0 Å². The van der Waals surface area contributed by atoms with Gasteiger partial charge < -0.3 is 10.5 Å². The second-order valence-corrected chi connectivity index (χ2v) is 5.43. The van der Waals surface area contributed by atoms with Gasteiger partial charge in [0.05, 0.1) is 15.9 Å². The van der Waals surface area contributed by atoms with Crippen LogP contribution in [0.3, 0.4) is 0 Å². The van der Waals surface area contributed by atoms with Crippen LogP contribution in [0.25, 0.3) is 0 Å². The van der Waals surface area contributed by atoms with E-state index in [4.69, 9.17) is 10.5 Å². The van der Waals surface area contributed by atoms with E-state index in [1.165, 1.54) is 31.7 Å². The molecule has 2 N–H and O–H groups in total. The zero-order valence-corrected chi connectivity index (χ0v) is 11.2. The first kappa shape index (κ1) is 12.0. The summed E-state index contributed by atoms with van der Waals surface area (Å²) in [5.41, 5.74) is 6.30. The molecule has 2 nitrogen and oxygen atoms in total. The minimum absolute atomic E-state index is 0.267. The van der Waals surface area contributed by atoms with Crippen LogP contribution in [0.15, 0.2) is 12.1 Å². The SMILES string of the molecule is Nc1cc(I)c(F)cc1OCC1CCCC1. The molecule has 1 aliphatic rings. The summed E-state index contributed by atoms with van der Waals surface area (Å²) in [6, 6.07) is 2.99. The Bertz CT molecular complexity index is 378. The Morgan fingerprint density at radius 1 is 1.38 bits per heavy atom. The van der Waals surface area contributed by atoms with E-state index in [1.807, 2.05) is 22.6 Å². The quantitative estimate of drug-likeness (QED) is 0.677. The maximum atomic E-state index is 13.3. The lowest BCUT2D eigenvalue weighted by molar-refractivity contribution is 0.252. The van der Waals surface area contributed by atoms with Gasteiger partial charge in [-0.3, -0.25) is 0 Å². The van der Waals surface area contributed by atoms with Crippen LogP contribution in [0.4, 0.5) is 10.1 Å². The van der Waals surface area contributed by atoms with Crippen LogP contribution in [0, 0.1) is 15.3 Å². The largest absolute Gasteiger partial charge is 0.491 e. The molecule has 0 heterocycles. The molecule has 0 bridgehead atoms. The zero-order chi connectivity index (χ0) is 11.5. The molecule has 1 aromatic carbocycles. The van der Waals surface area contributed by atoms with Gasteiger partial charge in [-0.15, -0.1) is 0 Å².